The first-order valence-electron chi connectivity index (χ1n) is 32.4. The number of amides is 1. The number of unbranched alkanes of at least 4 members (excludes halogenated alkanes) is 41. The van der Waals surface area contributed by atoms with E-state index in [1.54, 1.807) is 0 Å². The average Bonchev–Trinajstić information content (AvgIpc) is 3.39. The minimum Gasteiger partial charge on any atom is -0.466 e. The third-order valence-electron chi connectivity index (χ3n) is 14.9. The number of carbonyl (C=O) groups is 2. The molecule has 0 bridgehead atoms. The number of aliphatic hydroxyl groups excluding tert-OH is 2. The van der Waals surface area contributed by atoms with E-state index in [9.17, 15) is 19.8 Å². The fraction of sp³-hybridized carbons (Fsp3) is 0.851. The fourth-order valence-corrected chi connectivity index (χ4v) is 9.88. The molecule has 0 saturated heterocycles. The zero-order chi connectivity index (χ0) is 52.9. The number of hydrogen-bond donors (Lipinski definition) is 3. The molecular weight excluding hydrogens is 899 g/mol. The van der Waals surface area contributed by atoms with Crippen LogP contribution in [0.4, 0.5) is 0 Å². The Morgan fingerprint density at radius 2 is 0.685 bits per heavy atom. The van der Waals surface area contributed by atoms with Crippen LogP contribution in [0.3, 0.4) is 0 Å². The molecule has 6 nitrogen and oxygen atoms in total. The van der Waals surface area contributed by atoms with Gasteiger partial charge in [-0.25, -0.2) is 0 Å². The summed E-state index contributed by atoms with van der Waals surface area (Å²) in [4.78, 5) is 24.5. The SMILES string of the molecule is CCCCCC/C=C\C/C=C\CCCCCCCC(=O)OCCCCCCCCCCC/C=C\C/C=C\CCCCCCCCCCCCCCCCCC(=O)NC(CO)C(O)CCCCCCCCCCC. The lowest BCUT2D eigenvalue weighted by atomic mass is 10.0. The van der Waals surface area contributed by atoms with E-state index in [0.29, 0.717) is 25.9 Å². The maximum Gasteiger partial charge on any atom is 0.305 e. The van der Waals surface area contributed by atoms with Gasteiger partial charge in [0.05, 0.1) is 25.4 Å². The van der Waals surface area contributed by atoms with Crippen LogP contribution in [0.25, 0.3) is 0 Å². The van der Waals surface area contributed by atoms with Crippen LogP contribution >= 0.6 is 0 Å². The van der Waals surface area contributed by atoms with Crippen molar-refractivity contribution in [2.75, 3.05) is 13.2 Å². The normalized spacial score (nSPS) is 12.9. The lowest BCUT2D eigenvalue weighted by molar-refractivity contribution is -0.143. The minimum atomic E-state index is -0.662. The largest absolute Gasteiger partial charge is 0.466 e. The van der Waals surface area contributed by atoms with E-state index in [0.717, 1.165) is 57.8 Å². The number of aliphatic hydroxyl groups is 2. The first kappa shape index (κ1) is 70.8. The third kappa shape index (κ3) is 58.9. The van der Waals surface area contributed by atoms with Gasteiger partial charge in [-0.3, -0.25) is 9.59 Å². The van der Waals surface area contributed by atoms with Crippen molar-refractivity contribution in [2.24, 2.45) is 0 Å². The van der Waals surface area contributed by atoms with E-state index in [1.165, 1.54) is 250 Å². The average molecular weight is 1020 g/mol. The van der Waals surface area contributed by atoms with Crippen LogP contribution in [-0.4, -0.2) is 47.4 Å². The summed E-state index contributed by atoms with van der Waals surface area (Å²) in [5.74, 6) is -0.0370. The van der Waals surface area contributed by atoms with Crippen LogP contribution < -0.4 is 5.32 Å². The highest BCUT2D eigenvalue weighted by Crippen LogP contribution is 2.17. The van der Waals surface area contributed by atoms with Crippen molar-refractivity contribution in [1.29, 1.82) is 0 Å². The Kier molecular flexibility index (Phi) is 60.5. The lowest BCUT2D eigenvalue weighted by Crippen LogP contribution is -2.45. The van der Waals surface area contributed by atoms with Gasteiger partial charge >= 0.3 is 5.97 Å². The molecular formula is C67H125NO5. The van der Waals surface area contributed by atoms with E-state index in [4.69, 9.17) is 4.74 Å². The first-order chi connectivity index (χ1) is 36.0. The fourth-order valence-electron chi connectivity index (χ4n) is 9.88. The third-order valence-corrected chi connectivity index (χ3v) is 14.9. The van der Waals surface area contributed by atoms with E-state index in [2.05, 4.69) is 67.8 Å². The monoisotopic (exact) mass is 1020 g/mol. The molecule has 3 N–H and O–H groups in total. The topological polar surface area (TPSA) is 95.9 Å². The van der Waals surface area contributed by atoms with E-state index >= 15 is 0 Å². The molecule has 0 spiro atoms. The second-order valence-electron chi connectivity index (χ2n) is 22.1. The predicted octanol–water partition coefficient (Wildman–Crippen LogP) is 20.5. The summed E-state index contributed by atoms with van der Waals surface area (Å²) in [6.45, 7) is 4.91. The van der Waals surface area contributed by atoms with Gasteiger partial charge in [0, 0.05) is 12.8 Å². The molecule has 2 atom stereocenters. The summed E-state index contributed by atoms with van der Waals surface area (Å²) >= 11 is 0. The van der Waals surface area contributed by atoms with Crippen molar-refractivity contribution in [3.05, 3.63) is 48.6 Å². The van der Waals surface area contributed by atoms with Gasteiger partial charge in [0.15, 0.2) is 0 Å². The number of ether oxygens (including phenoxy) is 1. The van der Waals surface area contributed by atoms with Crippen molar-refractivity contribution in [3.8, 4) is 0 Å². The summed E-state index contributed by atoms with van der Waals surface area (Å²) in [6, 6.07) is -0.539. The molecule has 0 aromatic rings. The van der Waals surface area contributed by atoms with Crippen molar-refractivity contribution in [1.82, 2.24) is 5.32 Å². The Labute approximate surface area is 455 Å². The summed E-state index contributed by atoms with van der Waals surface area (Å²) < 4.78 is 5.48. The Morgan fingerprint density at radius 1 is 0.384 bits per heavy atom. The van der Waals surface area contributed by atoms with Crippen LogP contribution in [0, 0.1) is 0 Å². The molecule has 0 aromatic carbocycles. The number of hydrogen-bond acceptors (Lipinski definition) is 5. The summed E-state index contributed by atoms with van der Waals surface area (Å²) in [7, 11) is 0. The maximum atomic E-state index is 12.4. The molecule has 0 aliphatic heterocycles. The molecule has 0 aromatic heterocycles. The number of esters is 1. The van der Waals surface area contributed by atoms with E-state index < -0.39 is 12.1 Å². The Morgan fingerprint density at radius 3 is 1.05 bits per heavy atom. The standard InChI is InChI=1S/C67H125NO5/c1-3-5-7-9-11-13-14-15-16-35-38-41-45-49-53-57-61-67(72)73-62-58-54-50-46-42-39-36-33-31-29-27-25-23-21-19-17-18-20-22-24-26-28-30-32-34-37-40-44-48-52-56-60-66(71)68-64(63-69)65(70)59-55-51-47-43-12-10-8-6-4-2/h13-14,16,19,21,25,27,35,64-65,69-70H,3-12,15,17-18,20,22-24,26,28-34,36-63H2,1-2H3,(H,68,71)/b14-13-,21-19-,27-25-,35-16-. The molecule has 0 radical (unpaired) electrons. The molecule has 1 amide bonds. The van der Waals surface area contributed by atoms with Gasteiger partial charge in [-0.05, 0) is 89.9 Å². The quantitative estimate of drug-likeness (QED) is 0.0320. The van der Waals surface area contributed by atoms with Gasteiger partial charge < -0.3 is 20.3 Å². The number of carbonyl (C=O) groups excluding carboxylic acids is 2. The molecule has 0 aliphatic rings. The smallest absolute Gasteiger partial charge is 0.305 e. The number of allylic oxidation sites excluding steroid dienone is 8. The van der Waals surface area contributed by atoms with Crippen LogP contribution in [0.15, 0.2) is 48.6 Å². The highest BCUT2D eigenvalue weighted by molar-refractivity contribution is 5.76. The molecule has 6 heteroatoms. The Hall–Kier alpha value is -2.18. The van der Waals surface area contributed by atoms with Gasteiger partial charge in [0.2, 0.25) is 5.91 Å². The van der Waals surface area contributed by atoms with Crippen molar-refractivity contribution >= 4 is 11.9 Å². The van der Waals surface area contributed by atoms with Gasteiger partial charge in [0.25, 0.3) is 0 Å². The van der Waals surface area contributed by atoms with E-state index in [1.807, 2.05) is 0 Å². The van der Waals surface area contributed by atoms with Crippen LogP contribution in [0.2, 0.25) is 0 Å². The van der Waals surface area contributed by atoms with Crippen LogP contribution in [0.5, 0.6) is 0 Å². The highest BCUT2D eigenvalue weighted by atomic mass is 16.5. The van der Waals surface area contributed by atoms with Gasteiger partial charge in [-0.15, -0.1) is 0 Å². The second kappa shape index (κ2) is 62.4. The Bertz CT molecular complexity index is 1230. The maximum absolute atomic E-state index is 12.4. The molecule has 73 heavy (non-hydrogen) atoms. The van der Waals surface area contributed by atoms with Crippen molar-refractivity contribution in [3.63, 3.8) is 0 Å². The number of nitrogens with one attached hydrogen (secondary N) is 1. The summed E-state index contributed by atoms with van der Waals surface area (Å²) in [5, 5.41) is 23.1. The minimum absolute atomic E-state index is 0.000606. The second-order valence-corrected chi connectivity index (χ2v) is 22.1. The summed E-state index contributed by atoms with van der Waals surface area (Å²) in [5.41, 5.74) is 0. The number of rotatable bonds is 60. The molecule has 2 unspecified atom stereocenters. The molecule has 0 rings (SSSR count). The zero-order valence-electron chi connectivity index (χ0n) is 48.9. The van der Waals surface area contributed by atoms with E-state index in [-0.39, 0.29) is 18.5 Å². The van der Waals surface area contributed by atoms with Gasteiger partial charge in [-0.2, -0.15) is 0 Å². The molecule has 0 fully saturated rings. The molecule has 0 aliphatic carbocycles. The summed E-state index contributed by atoms with van der Waals surface area (Å²) in [6.07, 6.45) is 80.1. The first-order valence-corrected chi connectivity index (χ1v) is 32.4. The lowest BCUT2D eigenvalue weighted by Gasteiger charge is -2.22. The highest BCUT2D eigenvalue weighted by Gasteiger charge is 2.20. The van der Waals surface area contributed by atoms with Gasteiger partial charge in [-0.1, -0.05) is 287 Å². The zero-order valence-corrected chi connectivity index (χ0v) is 48.9. The van der Waals surface area contributed by atoms with Crippen LogP contribution in [-0.2, 0) is 14.3 Å². The van der Waals surface area contributed by atoms with Crippen molar-refractivity contribution < 1.29 is 24.5 Å². The van der Waals surface area contributed by atoms with Crippen molar-refractivity contribution in [2.45, 2.75) is 353 Å². The molecule has 0 heterocycles. The molecule has 428 valence electrons. The Balaban J connectivity index is 3.37. The predicted molar refractivity (Wildman–Crippen MR) is 319 cm³/mol. The van der Waals surface area contributed by atoms with Crippen LogP contribution in [0.1, 0.15) is 341 Å². The molecule has 0 saturated carbocycles. The van der Waals surface area contributed by atoms with Gasteiger partial charge in [0.1, 0.15) is 0 Å².